The Balaban J connectivity index is 1.45. The topological polar surface area (TPSA) is 57.6 Å². The molecule has 0 spiro atoms. The van der Waals surface area contributed by atoms with Crippen LogP contribution in [0.5, 0.6) is 5.75 Å². The van der Waals surface area contributed by atoms with E-state index < -0.39 is 34.0 Å². The van der Waals surface area contributed by atoms with Crippen molar-refractivity contribution in [2.24, 2.45) is 0 Å². The first-order chi connectivity index (χ1) is 19.8. The first kappa shape index (κ1) is 34.0. The van der Waals surface area contributed by atoms with Crippen molar-refractivity contribution in [3.05, 3.63) is 64.7 Å². The summed E-state index contributed by atoms with van der Waals surface area (Å²) in [6, 6.07) is 9.38. The van der Waals surface area contributed by atoms with Crippen molar-refractivity contribution in [2.45, 2.75) is 83.2 Å². The quantitative estimate of drug-likeness (QED) is 0.152. The summed E-state index contributed by atoms with van der Waals surface area (Å²) in [5.41, 5.74) is 4.84. The zero-order valence-corrected chi connectivity index (χ0v) is 25.1. The molecule has 0 saturated heterocycles. The van der Waals surface area contributed by atoms with E-state index in [1.165, 1.54) is 24.3 Å². The van der Waals surface area contributed by atoms with Crippen LogP contribution in [0.25, 0.3) is 11.1 Å². The van der Waals surface area contributed by atoms with Crippen molar-refractivity contribution in [1.29, 1.82) is 0 Å². The van der Waals surface area contributed by atoms with Crippen molar-refractivity contribution in [1.82, 2.24) is 4.90 Å². The van der Waals surface area contributed by atoms with Crippen LogP contribution in [0, 0.1) is 11.6 Å². The molecule has 0 amide bonds. The number of sulfone groups is 1. The molecule has 42 heavy (non-hydrogen) atoms. The van der Waals surface area contributed by atoms with Crippen LogP contribution in [0.3, 0.4) is 0 Å². The fourth-order valence-electron chi connectivity index (χ4n) is 5.56. The summed E-state index contributed by atoms with van der Waals surface area (Å²) in [4.78, 5) is 2.14. The molecule has 10 heteroatoms. The van der Waals surface area contributed by atoms with E-state index in [1.807, 2.05) is 7.05 Å². The van der Waals surface area contributed by atoms with Crippen LogP contribution >= 0.6 is 0 Å². The minimum atomic E-state index is -4.33. The average molecular weight is 616 g/mol. The number of aryl methyl sites for hydroxylation is 1. The smallest absolute Gasteiger partial charge is 0.389 e. The van der Waals surface area contributed by atoms with Crippen molar-refractivity contribution in [3.63, 3.8) is 0 Å². The number of nitrogens with zero attached hydrogens (tertiary/aromatic N) is 1. The van der Waals surface area contributed by atoms with Crippen LogP contribution in [0.2, 0.25) is 0 Å². The van der Waals surface area contributed by atoms with Gasteiger partial charge in [0.2, 0.25) is 0 Å². The van der Waals surface area contributed by atoms with Gasteiger partial charge in [0.05, 0.1) is 11.5 Å². The Morgan fingerprint density at radius 2 is 1.50 bits per heavy atom. The van der Waals surface area contributed by atoms with E-state index in [2.05, 4.69) is 4.90 Å². The zero-order chi connectivity index (χ0) is 30.8. The maximum absolute atomic E-state index is 14.4. The number of unbranched alkanes of at least 4 members (excludes halogenated alkanes) is 4. The maximum Gasteiger partial charge on any atom is 0.389 e. The third-order valence-electron chi connectivity index (χ3n) is 7.81. The van der Waals surface area contributed by atoms with E-state index in [9.17, 15) is 35.5 Å². The molecule has 0 atom stereocenters. The Labute approximate surface area is 246 Å². The molecule has 0 radical (unpaired) electrons. The molecule has 1 aliphatic carbocycles. The number of hydrogen-bond acceptors (Lipinski definition) is 4. The van der Waals surface area contributed by atoms with E-state index in [1.54, 1.807) is 12.1 Å². The number of benzene rings is 2. The molecule has 3 rings (SSSR count). The SMILES string of the molecule is CN(CCCCCCC1=C(c2ccc(F)cc2)CCCc2cc(O)c(F)cc21)CCCCS(=O)(=O)CCCC(F)(F)F. The number of aromatic hydroxyl groups is 1. The second-order valence-corrected chi connectivity index (χ2v) is 13.6. The molecule has 0 saturated carbocycles. The van der Waals surface area contributed by atoms with Gasteiger partial charge >= 0.3 is 6.18 Å². The van der Waals surface area contributed by atoms with Gasteiger partial charge in [-0.05, 0) is 130 Å². The van der Waals surface area contributed by atoms with Gasteiger partial charge in [0.1, 0.15) is 15.7 Å². The highest BCUT2D eigenvalue weighted by atomic mass is 32.2. The predicted octanol–water partition coefficient (Wildman–Crippen LogP) is 8.34. The number of phenolic OH excluding ortho intramolecular Hbond substituents is 1. The lowest BCUT2D eigenvalue weighted by Gasteiger charge is -2.18. The van der Waals surface area contributed by atoms with Gasteiger partial charge in [-0.2, -0.15) is 13.2 Å². The summed E-state index contributed by atoms with van der Waals surface area (Å²) >= 11 is 0. The van der Waals surface area contributed by atoms with Crippen molar-refractivity contribution in [3.8, 4) is 5.75 Å². The number of rotatable bonds is 16. The number of phenols is 1. The summed E-state index contributed by atoms with van der Waals surface area (Å²) in [6.07, 6.45) is 2.27. The predicted molar refractivity (Wildman–Crippen MR) is 158 cm³/mol. The van der Waals surface area contributed by atoms with Gasteiger partial charge in [-0.1, -0.05) is 25.0 Å². The summed E-state index contributed by atoms with van der Waals surface area (Å²) in [5.74, 6) is -1.80. The lowest BCUT2D eigenvalue weighted by Crippen LogP contribution is -2.22. The molecule has 2 aromatic carbocycles. The summed E-state index contributed by atoms with van der Waals surface area (Å²) in [6.45, 7) is 1.58. The fourth-order valence-corrected chi connectivity index (χ4v) is 7.00. The van der Waals surface area contributed by atoms with E-state index in [-0.39, 0.29) is 23.7 Å². The second kappa shape index (κ2) is 15.8. The minimum absolute atomic E-state index is 0.0822. The van der Waals surface area contributed by atoms with Gasteiger partial charge in [-0.15, -0.1) is 0 Å². The van der Waals surface area contributed by atoms with E-state index in [0.29, 0.717) is 12.8 Å². The van der Waals surface area contributed by atoms with Crippen molar-refractivity contribution in [2.75, 3.05) is 31.6 Å². The highest BCUT2D eigenvalue weighted by Crippen LogP contribution is 2.40. The van der Waals surface area contributed by atoms with Gasteiger partial charge in [0.15, 0.2) is 11.6 Å². The molecule has 234 valence electrons. The molecule has 1 N–H and O–H groups in total. The Kier molecular flexibility index (Phi) is 12.8. The molecular weight excluding hydrogens is 573 g/mol. The lowest BCUT2D eigenvalue weighted by molar-refractivity contribution is -0.134. The lowest BCUT2D eigenvalue weighted by atomic mass is 9.89. The van der Waals surface area contributed by atoms with Crippen LogP contribution in [0.1, 0.15) is 87.3 Å². The van der Waals surface area contributed by atoms with Crippen molar-refractivity contribution >= 4 is 21.0 Å². The fraction of sp³-hybridized carbons (Fsp3) is 0.562. The highest BCUT2D eigenvalue weighted by molar-refractivity contribution is 7.91. The van der Waals surface area contributed by atoms with Gasteiger partial charge < -0.3 is 10.0 Å². The van der Waals surface area contributed by atoms with Gasteiger partial charge in [-0.25, -0.2) is 17.2 Å². The Morgan fingerprint density at radius 3 is 2.19 bits per heavy atom. The van der Waals surface area contributed by atoms with E-state index in [0.717, 1.165) is 92.3 Å². The molecule has 0 bridgehead atoms. The number of halogens is 5. The molecule has 0 fully saturated rings. The number of hydrogen-bond donors (Lipinski definition) is 1. The third-order valence-corrected chi connectivity index (χ3v) is 9.63. The van der Waals surface area contributed by atoms with Gasteiger partial charge in [0, 0.05) is 6.42 Å². The van der Waals surface area contributed by atoms with Crippen LogP contribution in [-0.2, 0) is 16.3 Å². The number of allylic oxidation sites excluding steroid dienone is 2. The van der Waals surface area contributed by atoms with Crippen molar-refractivity contribution < 1.29 is 35.5 Å². The molecule has 4 nitrogen and oxygen atoms in total. The summed E-state index contributed by atoms with van der Waals surface area (Å²) in [7, 11) is -1.48. The largest absolute Gasteiger partial charge is 0.505 e. The Hall–Kier alpha value is -2.46. The van der Waals surface area contributed by atoms with Crippen LogP contribution < -0.4 is 0 Å². The Bertz CT molecular complexity index is 1290. The standard InChI is InChI=1S/C32H42F5NO3S/c1-38(19-6-7-20-42(40,41)21-9-17-32(35,36)37)18-5-3-2-4-11-28-27(24-13-15-26(33)16-14-24)12-8-10-25-22-31(39)30(34)23-29(25)28/h13-16,22-23,39H,2-12,17-21H2,1H3. The molecule has 0 unspecified atom stereocenters. The van der Waals surface area contributed by atoms with E-state index >= 15 is 0 Å². The number of alkyl halides is 3. The molecule has 0 aliphatic heterocycles. The van der Waals surface area contributed by atoms with Crippen LogP contribution in [0.15, 0.2) is 36.4 Å². The first-order valence-electron chi connectivity index (χ1n) is 14.8. The first-order valence-corrected chi connectivity index (χ1v) is 16.6. The maximum atomic E-state index is 14.4. The van der Waals surface area contributed by atoms with Gasteiger partial charge in [0.25, 0.3) is 0 Å². The minimum Gasteiger partial charge on any atom is -0.505 e. The summed E-state index contributed by atoms with van der Waals surface area (Å²) in [5, 5.41) is 9.95. The second-order valence-electron chi connectivity index (χ2n) is 11.3. The van der Waals surface area contributed by atoms with Crippen LogP contribution in [0.4, 0.5) is 22.0 Å². The zero-order valence-electron chi connectivity index (χ0n) is 24.3. The highest BCUT2D eigenvalue weighted by Gasteiger charge is 2.27. The molecule has 0 aromatic heterocycles. The normalized spacial score (nSPS) is 14.4. The molecule has 1 aliphatic rings. The molecule has 2 aromatic rings. The summed E-state index contributed by atoms with van der Waals surface area (Å²) < 4.78 is 88.6. The monoisotopic (exact) mass is 615 g/mol. The average Bonchev–Trinajstić information content (AvgIpc) is 3.07. The number of fused-ring (bicyclic) bond motifs is 1. The van der Waals surface area contributed by atoms with Gasteiger partial charge in [-0.3, -0.25) is 0 Å². The molecule has 0 heterocycles. The third kappa shape index (κ3) is 11.3. The van der Waals surface area contributed by atoms with Crippen LogP contribution in [-0.4, -0.2) is 56.2 Å². The molecular formula is C32H42F5NO3S. The van der Waals surface area contributed by atoms with E-state index in [4.69, 9.17) is 0 Å². The Morgan fingerprint density at radius 1 is 0.857 bits per heavy atom.